The van der Waals surface area contributed by atoms with Gasteiger partial charge in [-0.1, -0.05) is 45.8 Å². The van der Waals surface area contributed by atoms with Gasteiger partial charge in [0.15, 0.2) is 0 Å². The molecule has 0 aliphatic carbocycles. The van der Waals surface area contributed by atoms with Gasteiger partial charge in [-0.15, -0.1) is 0 Å². The highest BCUT2D eigenvalue weighted by atomic mass is 79.9. The third-order valence-electron chi connectivity index (χ3n) is 4.36. The van der Waals surface area contributed by atoms with Gasteiger partial charge in [-0.3, -0.25) is 19.3 Å². The number of carbonyl (C=O) groups is 3. The molecule has 5 nitrogen and oxygen atoms in total. The van der Waals surface area contributed by atoms with Crippen LogP contribution in [-0.4, -0.2) is 35.7 Å². The molecule has 0 radical (unpaired) electrons. The molecule has 0 bridgehead atoms. The van der Waals surface area contributed by atoms with Crippen molar-refractivity contribution in [1.29, 1.82) is 0 Å². The SMILES string of the molecule is Cc1ccc2c(c1)C(=O)N(CCC(=O)NCCc1ccccc1Br)C2=O. The fourth-order valence-electron chi connectivity index (χ4n) is 2.95. The van der Waals surface area contributed by atoms with E-state index < -0.39 is 0 Å². The van der Waals surface area contributed by atoms with Crippen molar-refractivity contribution in [1.82, 2.24) is 10.2 Å². The molecule has 1 aliphatic heterocycles. The zero-order valence-corrected chi connectivity index (χ0v) is 16.0. The third-order valence-corrected chi connectivity index (χ3v) is 5.14. The predicted molar refractivity (Wildman–Crippen MR) is 102 cm³/mol. The molecule has 3 amide bonds. The Balaban J connectivity index is 1.50. The van der Waals surface area contributed by atoms with E-state index in [1.54, 1.807) is 12.1 Å². The average molecular weight is 415 g/mol. The second-order valence-electron chi connectivity index (χ2n) is 6.25. The van der Waals surface area contributed by atoms with Crippen LogP contribution in [0.25, 0.3) is 0 Å². The lowest BCUT2D eigenvalue weighted by molar-refractivity contribution is -0.121. The fourth-order valence-corrected chi connectivity index (χ4v) is 3.43. The standard InChI is InChI=1S/C20H19BrN2O3/c1-13-6-7-15-16(12-13)20(26)23(19(15)25)11-9-18(24)22-10-8-14-4-2-3-5-17(14)21/h2-7,12H,8-11H2,1H3,(H,22,24). The molecule has 0 spiro atoms. The van der Waals surface area contributed by atoms with E-state index in [4.69, 9.17) is 0 Å². The molecule has 6 heteroatoms. The number of rotatable bonds is 6. The molecule has 2 aromatic carbocycles. The molecule has 1 N–H and O–H groups in total. The Labute approximate surface area is 160 Å². The van der Waals surface area contributed by atoms with Crippen LogP contribution < -0.4 is 5.32 Å². The molecule has 1 heterocycles. The van der Waals surface area contributed by atoms with Gasteiger partial charge in [0.05, 0.1) is 11.1 Å². The van der Waals surface area contributed by atoms with E-state index in [0.717, 1.165) is 20.5 Å². The lowest BCUT2D eigenvalue weighted by Crippen LogP contribution is -2.35. The summed E-state index contributed by atoms with van der Waals surface area (Å²) in [6.07, 6.45) is 0.805. The van der Waals surface area contributed by atoms with Gasteiger partial charge in [-0.2, -0.15) is 0 Å². The maximum absolute atomic E-state index is 12.4. The summed E-state index contributed by atoms with van der Waals surface area (Å²) in [7, 11) is 0. The van der Waals surface area contributed by atoms with Crippen LogP contribution in [0.4, 0.5) is 0 Å². The minimum atomic E-state index is -0.328. The van der Waals surface area contributed by atoms with Crippen molar-refractivity contribution in [3.05, 3.63) is 69.2 Å². The van der Waals surface area contributed by atoms with E-state index in [1.807, 2.05) is 37.3 Å². The van der Waals surface area contributed by atoms with Crippen LogP contribution in [0.5, 0.6) is 0 Å². The van der Waals surface area contributed by atoms with E-state index in [2.05, 4.69) is 21.2 Å². The molecule has 26 heavy (non-hydrogen) atoms. The van der Waals surface area contributed by atoms with Gasteiger partial charge in [-0.25, -0.2) is 0 Å². The maximum Gasteiger partial charge on any atom is 0.261 e. The van der Waals surface area contributed by atoms with Crippen molar-refractivity contribution in [3.63, 3.8) is 0 Å². The first-order valence-electron chi connectivity index (χ1n) is 8.44. The number of fused-ring (bicyclic) bond motifs is 1. The van der Waals surface area contributed by atoms with Crippen LogP contribution in [0.1, 0.15) is 38.3 Å². The summed E-state index contributed by atoms with van der Waals surface area (Å²) in [6.45, 7) is 2.47. The lowest BCUT2D eigenvalue weighted by Gasteiger charge is -2.13. The summed E-state index contributed by atoms with van der Waals surface area (Å²) in [5.74, 6) is -0.828. The van der Waals surface area contributed by atoms with Crippen LogP contribution >= 0.6 is 15.9 Å². The summed E-state index contributed by atoms with van der Waals surface area (Å²) in [4.78, 5) is 37.9. The summed E-state index contributed by atoms with van der Waals surface area (Å²) < 4.78 is 1.01. The average Bonchev–Trinajstić information content (AvgIpc) is 2.85. The number of nitrogens with zero attached hydrogens (tertiary/aromatic N) is 1. The van der Waals surface area contributed by atoms with Gasteiger partial charge >= 0.3 is 0 Å². The quantitative estimate of drug-likeness (QED) is 0.738. The summed E-state index contributed by atoms with van der Waals surface area (Å²) in [5.41, 5.74) is 2.87. The molecule has 134 valence electrons. The van der Waals surface area contributed by atoms with E-state index in [1.165, 1.54) is 0 Å². The van der Waals surface area contributed by atoms with Gasteiger partial charge < -0.3 is 5.32 Å². The molecule has 0 saturated heterocycles. The summed E-state index contributed by atoms with van der Waals surface area (Å²) in [6, 6.07) is 13.0. The van der Waals surface area contributed by atoms with Crippen molar-refractivity contribution in [3.8, 4) is 0 Å². The Kier molecular flexibility index (Phi) is 5.52. The van der Waals surface area contributed by atoms with Crippen molar-refractivity contribution in [2.75, 3.05) is 13.1 Å². The molecule has 3 rings (SSSR count). The number of hydrogen-bond acceptors (Lipinski definition) is 3. The van der Waals surface area contributed by atoms with Gasteiger partial charge in [-0.05, 0) is 37.1 Å². The van der Waals surface area contributed by atoms with Crippen LogP contribution in [-0.2, 0) is 11.2 Å². The third kappa shape index (κ3) is 3.85. The number of benzene rings is 2. The van der Waals surface area contributed by atoms with Crippen molar-refractivity contribution in [2.45, 2.75) is 19.8 Å². The van der Waals surface area contributed by atoms with Gasteiger partial charge in [0.1, 0.15) is 0 Å². The number of nitrogens with one attached hydrogen (secondary N) is 1. The predicted octanol–water partition coefficient (Wildman–Crippen LogP) is 3.10. The summed E-state index contributed by atoms with van der Waals surface area (Å²) in [5, 5.41) is 2.83. The molecular formula is C20H19BrN2O3. The highest BCUT2D eigenvalue weighted by Gasteiger charge is 2.35. The van der Waals surface area contributed by atoms with Crippen LogP contribution in [0.2, 0.25) is 0 Å². The number of imide groups is 1. The number of carbonyl (C=O) groups excluding carboxylic acids is 3. The van der Waals surface area contributed by atoms with Crippen molar-refractivity contribution < 1.29 is 14.4 Å². The van der Waals surface area contributed by atoms with Crippen molar-refractivity contribution >= 4 is 33.7 Å². The molecule has 0 saturated carbocycles. The van der Waals surface area contributed by atoms with E-state index in [-0.39, 0.29) is 30.7 Å². The largest absolute Gasteiger partial charge is 0.356 e. The number of halogens is 1. The fraction of sp³-hybridized carbons (Fsp3) is 0.250. The Hall–Kier alpha value is -2.47. The Morgan fingerprint density at radius 2 is 1.81 bits per heavy atom. The van der Waals surface area contributed by atoms with Gasteiger partial charge in [0.25, 0.3) is 11.8 Å². The van der Waals surface area contributed by atoms with Crippen LogP contribution in [0.3, 0.4) is 0 Å². The molecular weight excluding hydrogens is 396 g/mol. The van der Waals surface area contributed by atoms with Crippen LogP contribution in [0.15, 0.2) is 46.9 Å². The van der Waals surface area contributed by atoms with Crippen LogP contribution in [0, 0.1) is 6.92 Å². The normalized spacial score (nSPS) is 13.1. The first kappa shape index (κ1) is 18.3. The molecule has 1 aliphatic rings. The molecule has 0 fully saturated rings. The smallest absolute Gasteiger partial charge is 0.261 e. The Morgan fingerprint density at radius 1 is 1.08 bits per heavy atom. The van der Waals surface area contributed by atoms with Crippen molar-refractivity contribution in [2.24, 2.45) is 0 Å². The molecule has 0 unspecified atom stereocenters. The van der Waals surface area contributed by atoms with Gasteiger partial charge in [0, 0.05) is 24.0 Å². The topological polar surface area (TPSA) is 66.5 Å². The number of aryl methyl sites for hydroxylation is 1. The van der Waals surface area contributed by atoms with E-state index in [9.17, 15) is 14.4 Å². The number of amides is 3. The molecule has 0 atom stereocenters. The van der Waals surface area contributed by atoms with E-state index >= 15 is 0 Å². The molecule has 0 aromatic heterocycles. The lowest BCUT2D eigenvalue weighted by atomic mass is 10.1. The van der Waals surface area contributed by atoms with E-state index in [0.29, 0.717) is 24.1 Å². The second kappa shape index (κ2) is 7.83. The Morgan fingerprint density at radius 3 is 2.58 bits per heavy atom. The monoisotopic (exact) mass is 414 g/mol. The highest BCUT2D eigenvalue weighted by Crippen LogP contribution is 2.24. The highest BCUT2D eigenvalue weighted by molar-refractivity contribution is 9.10. The zero-order chi connectivity index (χ0) is 18.7. The van der Waals surface area contributed by atoms with Gasteiger partial charge in [0.2, 0.25) is 5.91 Å². The Bertz CT molecular complexity index is 879. The minimum Gasteiger partial charge on any atom is -0.356 e. The number of hydrogen-bond donors (Lipinski definition) is 1. The minimum absolute atomic E-state index is 0.0895. The first-order chi connectivity index (χ1) is 12.5. The zero-order valence-electron chi connectivity index (χ0n) is 14.4. The molecule has 2 aromatic rings. The maximum atomic E-state index is 12.4. The second-order valence-corrected chi connectivity index (χ2v) is 7.11. The first-order valence-corrected chi connectivity index (χ1v) is 9.23. The summed E-state index contributed by atoms with van der Waals surface area (Å²) >= 11 is 3.48.